The van der Waals surface area contributed by atoms with Crippen LogP contribution in [0.25, 0.3) is 0 Å². The zero-order valence-corrected chi connectivity index (χ0v) is 14.2. The summed E-state index contributed by atoms with van der Waals surface area (Å²) in [7, 11) is -3.37. The molecule has 3 N–H and O–H groups in total. The SMILES string of the molecule is CC(CS(=O)(=O)c1ccc(NN)cc1)OCCN1CCOCC1. The molecule has 1 atom stereocenters. The van der Waals surface area contributed by atoms with Crippen molar-refractivity contribution in [1.82, 2.24) is 4.90 Å². The Labute approximate surface area is 137 Å². The summed E-state index contributed by atoms with van der Waals surface area (Å²) >= 11 is 0. The van der Waals surface area contributed by atoms with Crippen molar-refractivity contribution in [3.63, 3.8) is 0 Å². The lowest BCUT2D eigenvalue weighted by molar-refractivity contribution is 0.0102. The molecule has 1 aromatic rings. The van der Waals surface area contributed by atoms with Gasteiger partial charge < -0.3 is 14.9 Å². The van der Waals surface area contributed by atoms with E-state index in [-0.39, 0.29) is 16.8 Å². The molecule has 1 heterocycles. The third-order valence-electron chi connectivity index (χ3n) is 3.75. The molecule has 7 nitrogen and oxygen atoms in total. The maximum atomic E-state index is 12.3. The topological polar surface area (TPSA) is 93.9 Å². The first-order chi connectivity index (χ1) is 11.0. The maximum absolute atomic E-state index is 12.3. The van der Waals surface area contributed by atoms with Crippen molar-refractivity contribution in [3.05, 3.63) is 24.3 Å². The Balaban J connectivity index is 1.79. The third kappa shape index (κ3) is 5.74. The Morgan fingerprint density at radius 3 is 2.57 bits per heavy atom. The summed E-state index contributed by atoms with van der Waals surface area (Å²) in [6.07, 6.45) is -0.353. The molecule has 0 spiro atoms. The first kappa shape index (κ1) is 18.2. The van der Waals surface area contributed by atoms with Crippen LogP contribution in [0.2, 0.25) is 0 Å². The largest absolute Gasteiger partial charge is 0.379 e. The van der Waals surface area contributed by atoms with Crippen LogP contribution in [0.1, 0.15) is 6.92 Å². The van der Waals surface area contributed by atoms with Crippen LogP contribution in [0, 0.1) is 0 Å². The van der Waals surface area contributed by atoms with Gasteiger partial charge in [0.15, 0.2) is 9.84 Å². The number of nitrogens with zero attached hydrogens (tertiary/aromatic N) is 1. The lowest BCUT2D eigenvalue weighted by Crippen LogP contribution is -2.39. The van der Waals surface area contributed by atoms with E-state index >= 15 is 0 Å². The second-order valence-electron chi connectivity index (χ2n) is 5.59. The second-order valence-corrected chi connectivity index (χ2v) is 7.62. The zero-order valence-electron chi connectivity index (χ0n) is 13.4. The van der Waals surface area contributed by atoms with Gasteiger partial charge in [-0.25, -0.2) is 8.42 Å². The predicted octanol–water partition coefficient (Wildman–Crippen LogP) is 0.483. The fourth-order valence-corrected chi connectivity index (χ4v) is 3.88. The molecule has 1 aromatic carbocycles. The number of anilines is 1. The lowest BCUT2D eigenvalue weighted by Gasteiger charge is -2.26. The molecule has 2 rings (SSSR count). The molecule has 1 aliphatic heterocycles. The van der Waals surface area contributed by atoms with Crippen LogP contribution in [0.3, 0.4) is 0 Å². The minimum absolute atomic E-state index is 0.0362. The first-order valence-corrected chi connectivity index (χ1v) is 9.37. The van der Waals surface area contributed by atoms with Crippen molar-refractivity contribution in [2.45, 2.75) is 17.9 Å². The van der Waals surface area contributed by atoms with E-state index in [4.69, 9.17) is 15.3 Å². The van der Waals surface area contributed by atoms with Gasteiger partial charge in [0.1, 0.15) is 0 Å². The number of hydrogen-bond acceptors (Lipinski definition) is 7. The molecule has 1 saturated heterocycles. The zero-order chi connectivity index (χ0) is 16.7. The van der Waals surface area contributed by atoms with Crippen LogP contribution in [0.5, 0.6) is 0 Å². The fourth-order valence-electron chi connectivity index (χ4n) is 2.42. The molecule has 0 aromatic heterocycles. The van der Waals surface area contributed by atoms with E-state index in [9.17, 15) is 8.42 Å². The Morgan fingerprint density at radius 1 is 1.30 bits per heavy atom. The van der Waals surface area contributed by atoms with Crippen LogP contribution in [-0.2, 0) is 19.3 Å². The summed E-state index contributed by atoms with van der Waals surface area (Å²) in [6.45, 7) is 6.40. The second kappa shape index (κ2) is 8.60. The molecule has 23 heavy (non-hydrogen) atoms. The molecular formula is C15H25N3O4S. The Bertz CT molecular complexity index is 571. The van der Waals surface area contributed by atoms with Crippen molar-refractivity contribution in [2.75, 3.05) is 50.6 Å². The van der Waals surface area contributed by atoms with E-state index in [1.54, 1.807) is 31.2 Å². The van der Waals surface area contributed by atoms with Gasteiger partial charge in [0.05, 0.1) is 36.6 Å². The Morgan fingerprint density at radius 2 is 1.96 bits per heavy atom. The number of nitrogens with two attached hydrogens (primary N) is 1. The average Bonchev–Trinajstić information content (AvgIpc) is 2.55. The van der Waals surface area contributed by atoms with Crippen LogP contribution in [0.4, 0.5) is 5.69 Å². The third-order valence-corrected chi connectivity index (χ3v) is 5.65. The van der Waals surface area contributed by atoms with Crippen LogP contribution in [0.15, 0.2) is 29.2 Å². The van der Waals surface area contributed by atoms with Gasteiger partial charge in [0.2, 0.25) is 0 Å². The highest BCUT2D eigenvalue weighted by Crippen LogP contribution is 2.16. The van der Waals surface area contributed by atoms with Crippen molar-refractivity contribution < 1.29 is 17.9 Å². The lowest BCUT2D eigenvalue weighted by atomic mass is 10.3. The van der Waals surface area contributed by atoms with Crippen molar-refractivity contribution in [3.8, 4) is 0 Å². The number of sulfone groups is 1. The van der Waals surface area contributed by atoms with E-state index < -0.39 is 9.84 Å². The van der Waals surface area contributed by atoms with E-state index in [2.05, 4.69) is 10.3 Å². The van der Waals surface area contributed by atoms with Gasteiger partial charge in [0.25, 0.3) is 0 Å². The van der Waals surface area contributed by atoms with E-state index in [0.717, 1.165) is 32.8 Å². The molecule has 0 bridgehead atoms. The monoisotopic (exact) mass is 343 g/mol. The van der Waals surface area contributed by atoms with Gasteiger partial charge in [-0.05, 0) is 31.2 Å². The number of hydrogen-bond donors (Lipinski definition) is 2. The molecular weight excluding hydrogens is 318 g/mol. The van der Waals surface area contributed by atoms with Crippen LogP contribution >= 0.6 is 0 Å². The number of nitrogens with one attached hydrogen (secondary N) is 1. The number of ether oxygens (including phenoxy) is 2. The quantitative estimate of drug-likeness (QED) is 0.524. The smallest absolute Gasteiger partial charge is 0.180 e. The van der Waals surface area contributed by atoms with E-state index in [1.165, 1.54) is 0 Å². The summed E-state index contributed by atoms with van der Waals surface area (Å²) < 4.78 is 35.6. The summed E-state index contributed by atoms with van der Waals surface area (Å²) in [5.41, 5.74) is 3.14. The highest BCUT2D eigenvalue weighted by molar-refractivity contribution is 7.91. The Kier molecular flexibility index (Phi) is 6.79. The van der Waals surface area contributed by atoms with Crippen LogP contribution < -0.4 is 11.3 Å². The standard InChI is InChI=1S/C15H25N3O4S/c1-13(22-11-8-18-6-9-21-10-7-18)12-23(19,20)15-4-2-14(17-16)3-5-15/h2-5,13,17H,6-12,16H2,1H3. The average molecular weight is 343 g/mol. The fraction of sp³-hybridized carbons (Fsp3) is 0.600. The summed E-state index contributed by atoms with van der Waals surface area (Å²) in [5, 5.41) is 0. The molecule has 1 aliphatic rings. The molecule has 1 unspecified atom stereocenters. The Hall–Kier alpha value is -1.19. The van der Waals surface area contributed by atoms with Gasteiger partial charge in [-0.15, -0.1) is 0 Å². The van der Waals surface area contributed by atoms with Gasteiger partial charge in [-0.3, -0.25) is 10.7 Å². The molecule has 0 saturated carbocycles. The first-order valence-electron chi connectivity index (χ1n) is 7.72. The number of nitrogen functional groups attached to an aromatic ring is 1. The highest BCUT2D eigenvalue weighted by Gasteiger charge is 2.19. The minimum Gasteiger partial charge on any atom is -0.379 e. The van der Waals surface area contributed by atoms with Crippen molar-refractivity contribution in [2.24, 2.45) is 5.84 Å². The minimum atomic E-state index is -3.37. The maximum Gasteiger partial charge on any atom is 0.180 e. The van der Waals surface area contributed by atoms with Gasteiger partial charge in [0, 0.05) is 25.3 Å². The van der Waals surface area contributed by atoms with Crippen molar-refractivity contribution >= 4 is 15.5 Å². The number of benzene rings is 1. The van der Waals surface area contributed by atoms with Gasteiger partial charge in [-0.2, -0.15) is 0 Å². The number of morpholine rings is 1. The summed E-state index contributed by atoms with van der Waals surface area (Å²) in [6, 6.07) is 6.36. The molecule has 0 amide bonds. The molecule has 0 aliphatic carbocycles. The number of hydrazine groups is 1. The molecule has 130 valence electrons. The highest BCUT2D eigenvalue weighted by atomic mass is 32.2. The molecule has 8 heteroatoms. The van der Waals surface area contributed by atoms with Gasteiger partial charge >= 0.3 is 0 Å². The predicted molar refractivity (Wildman–Crippen MR) is 89.0 cm³/mol. The van der Waals surface area contributed by atoms with Crippen molar-refractivity contribution in [1.29, 1.82) is 0 Å². The normalized spacial score (nSPS) is 17.8. The molecule has 1 fully saturated rings. The number of rotatable bonds is 8. The van der Waals surface area contributed by atoms with Gasteiger partial charge in [-0.1, -0.05) is 0 Å². The van der Waals surface area contributed by atoms with E-state index in [0.29, 0.717) is 12.3 Å². The molecule has 0 radical (unpaired) electrons. The van der Waals surface area contributed by atoms with Crippen LogP contribution in [-0.4, -0.2) is 64.6 Å². The summed E-state index contributed by atoms with van der Waals surface area (Å²) in [4.78, 5) is 2.53. The van der Waals surface area contributed by atoms with E-state index in [1.807, 2.05) is 0 Å². The summed E-state index contributed by atoms with van der Waals surface area (Å²) in [5.74, 6) is 5.24.